The van der Waals surface area contributed by atoms with Crippen molar-refractivity contribution in [2.24, 2.45) is 0 Å². The van der Waals surface area contributed by atoms with E-state index in [0.717, 1.165) is 84.9 Å². The number of hydrogen-bond acceptors (Lipinski definition) is 7. The van der Waals surface area contributed by atoms with Gasteiger partial charge in [-0.3, -0.25) is 4.90 Å². The zero-order valence-corrected chi connectivity index (χ0v) is 20.0. The first kappa shape index (κ1) is 21.6. The summed E-state index contributed by atoms with van der Waals surface area (Å²) in [5, 5.41) is 12.8. The van der Waals surface area contributed by atoms with Gasteiger partial charge in [-0.15, -0.1) is 0 Å². The molecule has 8 nitrogen and oxygen atoms in total. The molecule has 2 aliphatic rings. The van der Waals surface area contributed by atoms with Gasteiger partial charge in [-0.1, -0.05) is 0 Å². The van der Waals surface area contributed by atoms with Crippen molar-refractivity contribution >= 4 is 38.5 Å². The molecule has 32 heavy (non-hydrogen) atoms. The molecule has 0 aliphatic carbocycles. The van der Waals surface area contributed by atoms with Crippen LogP contribution in [0.25, 0.3) is 22.6 Å². The summed E-state index contributed by atoms with van der Waals surface area (Å²) in [7, 11) is 2.16. The van der Waals surface area contributed by atoms with Crippen LogP contribution in [0.15, 0.2) is 34.9 Å². The molecule has 5 rings (SSSR count). The van der Waals surface area contributed by atoms with E-state index in [9.17, 15) is 0 Å². The molecule has 0 bridgehead atoms. The van der Waals surface area contributed by atoms with E-state index in [2.05, 4.69) is 77.2 Å². The number of pyridine rings is 1. The summed E-state index contributed by atoms with van der Waals surface area (Å²) in [4.78, 5) is 19.9. The topological polar surface area (TPSA) is 83.6 Å². The Morgan fingerprint density at radius 1 is 1.16 bits per heavy atom. The molecule has 3 aromatic rings. The summed E-state index contributed by atoms with van der Waals surface area (Å²) >= 11 is 3.66. The van der Waals surface area contributed by atoms with Crippen molar-refractivity contribution in [2.45, 2.75) is 12.5 Å². The Bertz CT molecular complexity index is 1060. The first-order valence-electron chi connectivity index (χ1n) is 11.3. The molecule has 2 aromatic heterocycles. The van der Waals surface area contributed by atoms with Crippen LogP contribution in [0.3, 0.4) is 0 Å². The molecule has 9 heteroatoms. The predicted molar refractivity (Wildman–Crippen MR) is 132 cm³/mol. The Hall–Kier alpha value is -2.20. The van der Waals surface area contributed by atoms with Crippen molar-refractivity contribution in [1.29, 1.82) is 0 Å². The molecule has 1 aromatic carbocycles. The van der Waals surface area contributed by atoms with Crippen LogP contribution >= 0.6 is 15.9 Å². The van der Waals surface area contributed by atoms with Crippen molar-refractivity contribution in [3.05, 3.63) is 34.9 Å². The molecule has 0 spiro atoms. The molecular formula is C23H30BrN7O. The van der Waals surface area contributed by atoms with Crippen LogP contribution in [0.4, 0.5) is 11.4 Å². The fraction of sp³-hybridized carbons (Fsp3) is 0.478. The Morgan fingerprint density at radius 3 is 2.62 bits per heavy atom. The number of benzene rings is 1. The molecule has 1 atom stereocenters. The molecule has 3 N–H and O–H groups in total. The molecule has 2 fully saturated rings. The van der Waals surface area contributed by atoms with Gasteiger partial charge in [0.1, 0.15) is 11.3 Å². The van der Waals surface area contributed by atoms with Crippen LogP contribution in [0.1, 0.15) is 6.42 Å². The van der Waals surface area contributed by atoms with E-state index >= 15 is 0 Å². The number of H-pyrrole nitrogens is 1. The number of β-amino-alcohol motifs (C(OH)–C–C–N with tert-alkyl or cyclic N) is 1. The highest BCUT2D eigenvalue weighted by molar-refractivity contribution is 9.10. The molecule has 0 saturated carbocycles. The van der Waals surface area contributed by atoms with E-state index in [1.54, 1.807) is 0 Å². The van der Waals surface area contributed by atoms with Gasteiger partial charge in [-0.2, -0.15) is 0 Å². The summed E-state index contributed by atoms with van der Waals surface area (Å²) in [6.07, 6.45) is 2.96. The maximum Gasteiger partial charge on any atom is 0.159 e. The van der Waals surface area contributed by atoms with Crippen LogP contribution in [0.5, 0.6) is 0 Å². The third kappa shape index (κ3) is 4.47. The van der Waals surface area contributed by atoms with E-state index in [0.29, 0.717) is 6.04 Å². The van der Waals surface area contributed by atoms with Gasteiger partial charge >= 0.3 is 0 Å². The highest BCUT2D eigenvalue weighted by Gasteiger charge is 2.22. The number of anilines is 2. The van der Waals surface area contributed by atoms with Crippen molar-refractivity contribution in [2.75, 3.05) is 69.7 Å². The number of likely N-dealkylation sites (N-methyl/N-ethyl adjacent to an activating group) is 1. The number of aliphatic hydroxyl groups excluding tert-OH is 1. The van der Waals surface area contributed by atoms with Crippen molar-refractivity contribution in [1.82, 2.24) is 24.8 Å². The Balaban J connectivity index is 1.34. The minimum absolute atomic E-state index is 0.229. The number of piperazine rings is 1. The quantitative estimate of drug-likeness (QED) is 0.480. The first-order valence-corrected chi connectivity index (χ1v) is 12.1. The molecule has 1 unspecified atom stereocenters. The fourth-order valence-corrected chi connectivity index (χ4v) is 5.07. The van der Waals surface area contributed by atoms with Crippen molar-refractivity contribution in [3.63, 3.8) is 0 Å². The van der Waals surface area contributed by atoms with E-state index in [-0.39, 0.29) is 6.61 Å². The fourth-order valence-electron chi connectivity index (χ4n) is 4.66. The average Bonchev–Trinajstić information content (AvgIpc) is 3.43. The number of nitrogens with one attached hydrogen (secondary N) is 2. The minimum atomic E-state index is 0.229. The third-order valence-corrected chi connectivity index (χ3v) is 7.10. The summed E-state index contributed by atoms with van der Waals surface area (Å²) in [6.45, 7) is 7.06. The molecular weight excluding hydrogens is 470 g/mol. The maximum atomic E-state index is 9.13. The van der Waals surface area contributed by atoms with Crippen LogP contribution in [-0.2, 0) is 0 Å². The monoisotopic (exact) mass is 499 g/mol. The second-order valence-corrected chi connectivity index (χ2v) is 9.61. The lowest BCUT2D eigenvalue weighted by atomic mass is 10.1. The average molecular weight is 500 g/mol. The second kappa shape index (κ2) is 9.35. The number of rotatable bonds is 6. The van der Waals surface area contributed by atoms with E-state index in [4.69, 9.17) is 10.1 Å². The number of halogens is 1. The van der Waals surface area contributed by atoms with Gasteiger partial charge in [0.15, 0.2) is 5.65 Å². The number of likely N-dealkylation sites (tertiary alicyclic amines) is 1. The molecule has 2 aliphatic heterocycles. The van der Waals surface area contributed by atoms with Crippen molar-refractivity contribution in [3.8, 4) is 11.4 Å². The second-order valence-electron chi connectivity index (χ2n) is 8.76. The minimum Gasteiger partial charge on any atom is -0.395 e. The Labute approximate surface area is 196 Å². The van der Waals surface area contributed by atoms with Gasteiger partial charge in [0, 0.05) is 62.8 Å². The molecule has 4 heterocycles. The largest absolute Gasteiger partial charge is 0.395 e. The van der Waals surface area contributed by atoms with Gasteiger partial charge < -0.3 is 25.2 Å². The van der Waals surface area contributed by atoms with Gasteiger partial charge in [0.25, 0.3) is 0 Å². The number of aromatic nitrogens is 3. The molecule has 0 radical (unpaired) electrons. The number of aliphatic hydroxyl groups is 1. The zero-order chi connectivity index (χ0) is 22.1. The smallest absolute Gasteiger partial charge is 0.159 e. The summed E-state index contributed by atoms with van der Waals surface area (Å²) in [5.74, 6) is 0.830. The molecule has 0 amide bonds. The lowest BCUT2D eigenvalue weighted by Gasteiger charge is -2.35. The van der Waals surface area contributed by atoms with Crippen LogP contribution in [-0.4, -0.2) is 95.4 Å². The van der Waals surface area contributed by atoms with Crippen molar-refractivity contribution < 1.29 is 5.11 Å². The van der Waals surface area contributed by atoms with Gasteiger partial charge in [0.05, 0.1) is 16.8 Å². The van der Waals surface area contributed by atoms with Crippen LogP contribution in [0.2, 0.25) is 0 Å². The van der Waals surface area contributed by atoms with Crippen LogP contribution < -0.4 is 10.2 Å². The highest BCUT2D eigenvalue weighted by atomic mass is 79.9. The summed E-state index contributed by atoms with van der Waals surface area (Å²) in [5.41, 5.74) is 4.94. The molecule has 170 valence electrons. The van der Waals surface area contributed by atoms with E-state index < -0.39 is 0 Å². The highest BCUT2D eigenvalue weighted by Crippen LogP contribution is 2.32. The number of aromatic amines is 1. The maximum absolute atomic E-state index is 9.13. The van der Waals surface area contributed by atoms with Crippen LogP contribution in [0, 0.1) is 0 Å². The summed E-state index contributed by atoms with van der Waals surface area (Å²) in [6, 6.07) is 9.00. The number of hydrogen-bond donors (Lipinski definition) is 3. The SMILES string of the molecule is CN1CCC(Nc2c(Br)cnc3[nH]c(-c4ccc(N5CCN(CCO)CC5)cc4)nc23)C1. The first-order chi connectivity index (χ1) is 15.6. The number of nitrogens with zero attached hydrogens (tertiary/aromatic N) is 5. The zero-order valence-electron chi connectivity index (χ0n) is 18.4. The third-order valence-electron chi connectivity index (χ3n) is 6.50. The predicted octanol–water partition coefficient (Wildman–Crippen LogP) is 2.62. The Morgan fingerprint density at radius 2 is 1.94 bits per heavy atom. The Kier molecular flexibility index (Phi) is 6.32. The lowest BCUT2D eigenvalue weighted by Crippen LogP contribution is -2.47. The lowest BCUT2D eigenvalue weighted by molar-refractivity contribution is 0.189. The van der Waals surface area contributed by atoms with Gasteiger partial charge in [-0.05, 0) is 60.2 Å². The standard InChI is InChI=1S/C23H30BrN7O/c1-29-7-6-17(15-29)26-20-19(24)14-25-23-21(20)27-22(28-23)16-2-4-18(5-3-16)31-10-8-30(9-11-31)12-13-32/h2-5,14,17,32H,6-13,15H2,1H3,(H2,25,26,27,28). The number of fused-ring (bicyclic) bond motifs is 1. The number of imidazole rings is 1. The normalized spacial score (nSPS) is 20.3. The molecule has 2 saturated heterocycles. The summed E-state index contributed by atoms with van der Waals surface area (Å²) < 4.78 is 0.938. The van der Waals surface area contributed by atoms with E-state index in [1.807, 2.05) is 6.20 Å². The van der Waals surface area contributed by atoms with Gasteiger partial charge in [0.2, 0.25) is 0 Å². The van der Waals surface area contributed by atoms with E-state index in [1.165, 1.54) is 5.69 Å². The van der Waals surface area contributed by atoms with Gasteiger partial charge in [-0.25, -0.2) is 9.97 Å².